The molecule has 0 aliphatic carbocycles. The second kappa shape index (κ2) is 5.54. The van der Waals surface area contributed by atoms with Crippen LogP contribution in [0.1, 0.15) is 17.3 Å². The van der Waals surface area contributed by atoms with E-state index >= 15 is 0 Å². The van der Waals surface area contributed by atoms with Crippen LogP contribution >= 0.6 is 11.3 Å². The lowest BCUT2D eigenvalue weighted by Crippen LogP contribution is -2.37. The summed E-state index contributed by atoms with van der Waals surface area (Å²) in [6, 6.07) is 5.46. The molecule has 5 nitrogen and oxygen atoms in total. The lowest BCUT2D eigenvalue weighted by Gasteiger charge is -2.24. The van der Waals surface area contributed by atoms with Gasteiger partial charge < -0.3 is 15.4 Å². The maximum Gasteiger partial charge on any atom is 0.253 e. The van der Waals surface area contributed by atoms with E-state index in [0.717, 1.165) is 10.2 Å². The van der Waals surface area contributed by atoms with Crippen LogP contribution < -0.4 is 5.73 Å². The number of nitrogens with zero attached hydrogens (tertiary/aromatic N) is 2. The molecule has 1 amide bonds. The van der Waals surface area contributed by atoms with Crippen LogP contribution in [-0.2, 0) is 4.74 Å². The van der Waals surface area contributed by atoms with Crippen molar-refractivity contribution in [2.75, 3.05) is 26.5 Å². The normalized spacial score (nSPS) is 12.6. The van der Waals surface area contributed by atoms with Gasteiger partial charge in [0, 0.05) is 19.7 Å². The second-order valence-electron chi connectivity index (χ2n) is 4.46. The fraction of sp³-hybridized carbons (Fsp3) is 0.385. The summed E-state index contributed by atoms with van der Waals surface area (Å²) in [6.45, 7) is 2.46. The molecule has 0 saturated heterocycles. The molecule has 2 aromatic rings. The maximum atomic E-state index is 12.3. The Bertz CT molecular complexity index is 597. The molecule has 2 rings (SSSR count). The molecule has 1 heterocycles. The largest absolute Gasteiger partial charge is 0.383 e. The zero-order valence-corrected chi connectivity index (χ0v) is 12.0. The number of aromatic nitrogens is 1. The summed E-state index contributed by atoms with van der Waals surface area (Å²) >= 11 is 1.39. The first-order valence-electron chi connectivity index (χ1n) is 5.95. The van der Waals surface area contributed by atoms with E-state index in [4.69, 9.17) is 10.5 Å². The molecule has 1 unspecified atom stereocenters. The highest BCUT2D eigenvalue weighted by molar-refractivity contribution is 7.22. The van der Waals surface area contributed by atoms with Crippen molar-refractivity contribution in [3.05, 3.63) is 23.8 Å². The summed E-state index contributed by atoms with van der Waals surface area (Å²) in [4.78, 5) is 18.2. The van der Waals surface area contributed by atoms with Gasteiger partial charge in [0.25, 0.3) is 5.91 Å². The van der Waals surface area contributed by atoms with Crippen molar-refractivity contribution in [2.45, 2.75) is 13.0 Å². The molecule has 2 N–H and O–H groups in total. The average Bonchev–Trinajstić information content (AvgIpc) is 2.76. The van der Waals surface area contributed by atoms with E-state index in [0.29, 0.717) is 17.3 Å². The highest BCUT2D eigenvalue weighted by Crippen LogP contribution is 2.25. The van der Waals surface area contributed by atoms with Crippen LogP contribution in [0.3, 0.4) is 0 Å². The molecule has 1 atom stereocenters. The Morgan fingerprint density at radius 2 is 2.32 bits per heavy atom. The molecule has 0 aliphatic rings. The van der Waals surface area contributed by atoms with Gasteiger partial charge in [-0.25, -0.2) is 4.98 Å². The van der Waals surface area contributed by atoms with E-state index in [1.807, 2.05) is 19.1 Å². The predicted molar refractivity (Wildman–Crippen MR) is 77.5 cm³/mol. The number of nitrogen functional groups attached to an aromatic ring is 1. The Morgan fingerprint density at radius 3 is 3.00 bits per heavy atom. The number of amides is 1. The Morgan fingerprint density at radius 1 is 1.58 bits per heavy atom. The van der Waals surface area contributed by atoms with Gasteiger partial charge in [-0.2, -0.15) is 0 Å². The predicted octanol–water partition coefficient (Wildman–Crippen LogP) is 1.99. The number of thiazole rings is 1. The first kappa shape index (κ1) is 13.8. The van der Waals surface area contributed by atoms with Crippen molar-refractivity contribution < 1.29 is 9.53 Å². The summed E-state index contributed by atoms with van der Waals surface area (Å²) in [5, 5.41) is 0.515. The van der Waals surface area contributed by atoms with Gasteiger partial charge in [0.15, 0.2) is 5.13 Å². The van der Waals surface area contributed by atoms with E-state index in [1.54, 1.807) is 25.1 Å². The van der Waals surface area contributed by atoms with Crippen LogP contribution in [0, 0.1) is 0 Å². The number of carbonyl (C=O) groups excluding carboxylic acids is 1. The molecule has 0 spiro atoms. The van der Waals surface area contributed by atoms with Crippen LogP contribution in [-0.4, -0.2) is 42.6 Å². The number of likely N-dealkylation sites (N-methyl/N-ethyl adjacent to an activating group) is 1. The van der Waals surface area contributed by atoms with Crippen molar-refractivity contribution in [1.29, 1.82) is 0 Å². The third-order valence-electron chi connectivity index (χ3n) is 3.04. The van der Waals surface area contributed by atoms with Gasteiger partial charge in [0.2, 0.25) is 0 Å². The molecule has 0 aliphatic heterocycles. The Kier molecular flexibility index (Phi) is 4.01. The number of hydrogen-bond acceptors (Lipinski definition) is 5. The lowest BCUT2D eigenvalue weighted by molar-refractivity contribution is 0.0634. The molecule has 1 aromatic carbocycles. The molecular weight excluding hydrogens is 262 g/mol. The van der Waals surface area contributed by atoms with Crippen molar-refractivity contribution in [2.24, 2.45) is 0 Å². The van der Waals surface area contributed by atoms with Crippen LogP contribution in [0.25, 0.3) is 10.2 Å². The molecule has 0 fully saturated rings. The third kappa shape index (κ3) is 2.85. The third-order valence-corrected chi connectivity index (χ3v) is 3.89. The molecule has 0 bridgehead atoms. The molecule has 102 valence electrons. The van der Waals surface area contributed by atoms with Crippen molar-refractivity contribution >= 4 is 32.6 Å². The van der Waals surface area contributed by atoms with Crippen LogP contribution in [0.2, 0.25) is 0 Å². The lowest BCUT2D eigenvalue weighted by atomic mass is 10.1. The van der Waals surface area contributed by atoms with Gasteiger partial charge in [-0.15, -0.1) is 0 Å². The van der Waals surface area contributed by atoms with E-state index in [9.17, 15) is 4.79 Å². The van der Waals surface area contributed by atoms with Gasteiger partial charge in [-0.3, -0.25) is 4.79 Å². The summed E-state index contributed by atoms with van der Waals surface area (Å²) in [6.07, 6.45) is 0. The SMILES string of the molecule is COCC(C)N(C)C(=O)c1ccc2nc(N)sc2c1. The number of nitrogens with two attached hydrogens (primary N) is 1. The number of methoxy groups -OCH3 is 1. The molecule has 0 radical (unpaired) electrons. The zero-order valence-electron chi connectivity index (χ0n) is 11.2. The highest BCUT2D eigenvalue weighted by Gasteiger charge is 2.18. The van der Waals surface area contributed by atoms with E-state index < -0.39 is 0 Å². The summed E-state index contributed by atoms with van der Waals surface area (Å²) in [5.41, 5.74) is 7.13. The van der Waals surface area contributed by atoms with Crippen LogP contribution in [0.5, 0.6) is 0 Å². The molecule has 19 heavy (non-hydrogen) atoms. The molecular formula is C13H17N3O2S. The van der Waals surface area contributed by atoms with Gasteiger partial charge in [-0.05, 0) is 25.1 Å². The van der Waals surface area contributed by atoms with E-state index in [2.05, 4.69) is 4.98 Å². The van der Waals surface area contributed by atoms with Gasteiger partial charge >= 0.3 is 0 Å². The minimum absolute atomic E-state index is 0.0275. The number of ether oxygens (including phenoxy) is 1. The summed E-state index contributed by atoms with van der Waals surface area (Å²) in [7, 11) is 3.40. The number of anilines is 1. The van der Waals surface area contributed by atoms with Crippen molar-refractivity contribution in [1.82, 2.24) is 9.88 Å². The van der Waals surface area contributed by atoms with Crippen molar-refractivity contribution in [3.63, 3.8) is 0 Å². The number of fused-ring (bicyclic) bond motifs is 1. The minimum atomic E-state index is -0.0292. The van der Waals surface area contributed by atoms with Crippen LogP contribution in [0.4, 0.5) is 5.13 Å². The first-order chi connectivity index (χ1) is 9.02. The van der Waals surface area contributed by atoms with Gasteiger partial charge in [-0.1, -0.05) is 11.3 Å². The highest BCUT2D eigenvalue weighted by atomic mass is 32.1. The molecule has 0 saturated carbocycles. The Balaban J connectivity index is 2.25. The monoisotopic (exact) mass is 279 g/mol. The fourth-order valence-corrected chi connectivity index (χ4v) is 2.61. The Hall–Kier alpha value is -1.66. The quantitative estimate of drug-likeness (QED) is 0.929. The fourth-order valence-electron chi connectivity index (χ4n) is 1.83. The number of rotatable bonds is 4. The number of carbonyl (C=O) groups is 1. The average molecular weight is 279 g/mol. The van der Waals surface area contributed by atoms with Crippen molar-refractivity contribution in [3.8, 4) is 0 Å². The zero-order chi connectivity index (χ0) is 14.0. The van der Waals surface area contributed by atoms with E-state index in [1.165, 1.54) is 11.3 Å². The minimum Gasteiger partial charge on any atom is -0.383 e. The second-order valence-corrected chi connectivity index (χ2v) is 5.52. The smallest absolute Gasteiger partial charge is 0.253 e. The summed E-state index contributed by atoms with van der Waals surface area (Å²) < 4.78 is 5.99. The topological polar surface area (TPSA) is 68.5 Å². The van der Waals surface area contributed by atoms with Gasteiger partial charge in [0.1, 0.15) is 0 Å². The first-order valence-corrected chi connectivity index (χ1v) is 6.76. The van der Waals surface area contributed by atoms with E-state index in [-0.39, 0.29) is 11.9 Å². The number of benzene rings is 1. The van der Waals surface area contributed by atoms with Crippen LogP contribution in [0.15, 0.2) is 18.2 Å². The molecule has 6 heteroatoms. The Labute approximate surface area is 116 Å². The summed E-state index contributed by atoms with van der Waals surface area (Å²) in [5.74, 6) is -0.0292. The maximum absolute atomic E-state index is 12.3. The standard InChI is InChI=1S/C13H17N3O2S/c1-8(7-18-3)16(2)12(17)9-4-5-10-11(6-9)19-13(14)15-10/h4-6,8H,7H2,1-3H3,(H2,14,15). The van der Waals surface area contributed by atoms with Gasteiger partial charge in [0.05, 0.1) is 22.9 Å². The molecule has 1 aromatic heterocycles. The number of hydrogen-bond donors (Lipinski definition) is 1.